The number of rotatable bonds is 4. The minimum atomic E-state index is -0.263. The Bertz CT molecular complexity index is 650. The minimum absolute atomic E-state index is 0.0270. The van der Waals surface area contributed by atoms with E-state index in [4.69, 9.17) is 11.6 Å². The summed E-state index contributed by atoms with van der Waals surface area (Å²) >= 11 is 6.01. The maximum absolute atomic E-state index is 12.2. The number of hydrazine groups is 1. The minimum Gasteiger partial charge on any atom is -0.351 e. The summed E-state index contributed by atoms with van der Waals surface area (Å²) in [6.45, 7) is 0.479. The van der Waals surface area contributed by atoms with Gasteiger partial charge in [0.2, 0.25) is 5.91 Å². The Morgan fingerprint density at radius 1 is 1.32 bits per heavy atom. The number of halogens is 1. The molecule has 1 aromatic heterocycles. The van der Waals surface area contributed by atoms with Crippen LogP contribution in [-0.2, 0) is 11.3 Å². The maximum Gasteiger partial charge on any atom is 0.238 e. The molecular formula is C16H17ClN4O. The Balaban J connectivity index is 1.55. The first-order valence-electron chi connectivity index (χ1n) is 7.15. The average Bonchev–Trinajstić information content (AvgIpc) is 3.04. The molecule has 22 heavy (non-hydrogen) atoms. The highest BCUT2D eigenvalue weighted by Crippen LogP contribution is 2.24. The van der Waals surface area contributed by atoms with Gasteiger partial charge in [-0.15, -0.1) is 0 Å². The van der Waals surface area contributed by atoms with Crippen molar-refractivity contribution in [1.82, 2.24) is 21.2 Å². The van der Waals surface area contributed by atoms with Crippen LogP contribution in [0.1, 0.15) is 23.6 Å². The van der Waals surface area contributed by atoms with Crippen molar-refractivity contribution in [2.75, 3.05) is 0 Å². The predicted octanol–water partition coefficient (Wildman–Crippen LogP) is 1.96. The third kappa shape index (κ3) is 3.62. The third-order valence-corrected chi connectivity index (χ3v) is 3.90. The lowest BCUT2D eigenvalue weighted by atomic mass is 10.0. The second kappa shape index (κ2) is 6.87. The molecule has 0 radical (unpaired) electrons. The summed E-state index contributed by atoms with van der Waals surface area (Å²) in [5.41, 5.74) is 8.24. The molecular weight excluding hydrogens is 300 g/mol. The molecule has 2 unspecified atom stereocenters. The van der Waals surface area contributed by atoms with Crippen LogP contribution in [0.2, 0.25) is 5.02 Å². The molecule has 0 aliphatic carbocycles. The summed E-state index contributed by atoms with van der Waals surface area (Å²) in [7, 11) is 0. The molecule has 1 aliphatic heterocycles. The number of carbonyl (C=O) groups excluding carboxylic acids is 1. The van der Waals surface area contributed by atoms with Gasteiger partial charge >= 0.3 is 0 Å². The van der Waals surface area contributed by atoms with Gasteiger partial charge in [-0.1, -0.05) is 29.8 Å². The molecule has 1 fully saturated rings. The van der Waals surface area contributed by atoms with E-state index < -0.39 is 0 Å². The third-order valence-electron chi connectivity index (χ3n) is 3.66. The highest BCUT2D eigenvalue weighted by atomic mass is 35.5. The van der Waals surface area contributed by atoms with Crippen LogP contribution in [0.3, 0.4) is 0 Å². The van der Waals surface area contributed by atoms with Crippen LogP contribution in [0, 0.1) is 0 Å². The first-order chi connectivity index (χ1) is 10.7. The van der Waals surface area contributed by atoms with Crippen molar-refractivity contribution in [2.24, 2.45) is 0 Å². The highest BCUT2D eigenvalue weighted by Gasteiger charge is 2.29. The predicted molar refractivity (Wildman–Crippen MR) is 85.0 cm³/mol. The largest absolute Gasteiger partial charge is 0.351 e. The van der Waals surface area contributed by atoms with E-state index in [1.807, 2.05) is 36.4 Å². The van der Waals surface area contributed by atoms with Crippen molar-refractivity contribution in [3.8, 4) is 0 Å². The lowest BCUT2D eigenvalue weighted by molar-refractivity contribution is -0.123. The average molecular weight is 317 g/mol. The Morgan fingerprint density at radius 3 is 3.00 bits per heavy atom. The summed E-state index contributed by atoms with van der Waals surface area (Å²) < 4.78 is 0. The van der Waals surface area contributed by atoms with Crippen molar-refractivity contribution >= 4 is 17.5 Å². The molecule has 2 atom stereocenters. The number of hydrogen-bond donors (Lipinski definition) is 3. The van der Waals surface area contributed by atoms with Crippen molar-refractivity contribution in [3.05, 3.63) is 64.9 Å². The van der Waals surface area contributed by atoms with Gasteiger partial charge in [-0.3, -0.25) is 9.78 Å². The summed E-state index contributed by atoms with van der Waals surface area (Å²) in [5, 5.41) is 3.61. The van der Waals surface area contributed by atoms with Gasteiger partial charge < -0.3 is 5.32 Å². The molecule has 0 saturated carbocycles. The van der Waals surface area contributed by atoms with Gasteiger partial charge in [0.05, 0.1) is 0 Å². The van der Waals surface area contributed by atoms with E-state index in [9.17, 15) is 4.79 Å². The van der Waals surface area contributed by atoms with Crippen molar-refractivity contribution in [3.63, 3.8) is 0 Å². The molecule has 2 heterocycles. The SMILES string of the molecule is O=C(NCc1cccnc1)C1CC(c2cccc(Cl)c2)NN1. The van der Waals surface area contributed by atoms with Gasteiger partial charge in [0.25, 0.3) is 0 Å². The van der Waals surface area contributed by atoms with Crippen LogP contribution in [0.15, 0.2) is 48.8 Å². The van der Waals surface area contributed by atoms with E-state index in [0.717, 1.165) is 11.1 Å². The zero-order valence-corrected chi connectivity index (χ0v) is 12.7. The molecule has 1 aromatic carbocycles. The lowest BCUT2D eigenvalue weighted by Crippen LogP contribution is -2.42. The summed E-state index contributed by atoms with van der Waals surface area (Å²) in [4.78, 5) is 16.2. The number of hydrogen-bond acceptors (Lipinski definition) is 4. The van der Waals surface area contributed by atoms with E-state index in [-0.39, 0.29) is 18.0 Å². The molecule has 1 amide bonds. The van der Waals surface area contributed by atoms with E-state index in [1.54, 1.807) is 12.4 Å². The molecule has 1 saturated heterocycles. The molecule has 6 heteroatoms. The quantitative estimate of drug-likeness (QED) is 0.807. The van der Waals surface area contributed by atoms with Gasteiger partial charge in [0.1, 0.15) is 6.04 Å². The molecule has 5 nitrogen and oxygen atoms in total. The summed E-state index contributed by atoms with van der Waals surface area (Å²) in [6, 6.07) is 11.3. The fraction of sp³-hybridized carbons (Fsp3) is 0.250. The zero-order chi connectivity index (χ0) is 15.4. The normalized spacial score (nSPS) is 20.8. The van der Waals surface area contributed by atoms with E-state index in [1.165, 1.54) is 0 Å². The van der Waals surface area contributed by atoms with Gasteiger partial charge in [-0.2, -0.15) is 0 Å². The summed E-state index contributed by atoms with van der Waals surface area (Å²) in [5.74, 6) is -0.0270. The van der Waals surface area contributed by atoms with Crippen LogP contribution in [0.5, 0.6) is 0 Å². The first-order valence-corrected chi connectivity index (χ1v) is 7.53. The molecule has 114 valence electrons. The van der Waals surface area contributed by atoms with E-state index >= 15 is 0 Å². The standard InChI is InChI=1S/C16H17ClN4O/c17-13-5-1-4-12(7-13)14-8-15(21-20-14)16(22)19-10-11-3-2-6-18-9-11/h1-7,9,14-15,20-21H,8,10H2,(H,19,22). The maximum atomic E-state index is 12.2. The Kier molecular flexibility index (Phi) is 4.68. The van der Waals surface area contributed by atoms with E-state index in [0.29, 0.717) is 18.0 Å². The van der Waals surface area contributed by atoms with Crippen molar-refractivity contribution < 1.29 is 4.79 Å². The first kappa shape index (κ1) is 15.0. The molecule has 1 aliphatic rings. The topological polar surface area (TPSA) is 66.0 Å². The van der Waals surface area contributed by atoms with Crippen LogP contribution >= 0.6 is 11.6 Å². The summed E-state index contributed by atoms with van der Waals surface area (Å²) in [6.07, 6.45) is 4.14. The van der Waals surface area contributed by atoms with E-state index in [2.05, 4.69) is 21.2 Å². The second-order valence-corrected chi connectivity index (χ2v) is 5.70. The van der Waals surface area contributed by atoms with Crippen LogP contribution in [-0.4, -0.2) is 16.9 Å². The van der Waals surface area contributed by atoms with Crippen LogP contribution in [0.25, 0.3) is 0 Å². The van der Waals surface area contributed by atoms with Crippen LogP contribution in [0.4, 0.5) is 0 Å². The number of pyridine rings is 1. The monoisotopic (exact) mass is 316 g/mol. The number of benzene rings is 1. The Labute approximate surface area is 134 Å². The number of aromatic nitrogens is 1. The molecule has 2 aromatic rings. The van der Waals surface area contributed by atoms with Crippen LogP contribution < -0.4 is 16.2 Å². The highest BCUT2D eigenvalue weighted by molar-refractivity contribution is 6.30. The number of carbonyl (C=O) groups is 1. The molecule has 3 N–H and O–H groups in total. The smallest absolute Gasteiger partial charge is 0.238 e. The molecule has 0 bridgehead atoms. The fourth-order valence-corrected chi connectivity index (χ4v) is 2.68. The van der Waals surface area contributed by atoms with Gasteiger partial charge in [-0.05, 0) is 35.7 Å². The van der Waals surface area contributed by atoms with Crippen molar-refractivity contribution in [1.29, 1.82) is 0 Å². The number of nitrogens with one attached hydrogen (secondary N) is 3. The van der Waals surface area contributed by atoms with Crippen molar-refractivity contribution in [2.45, 2.75) is 25.0 Å². The fourth-order valence-electron chi connectivity index (χ4n) is 2.49. The Hall–Kier alpha value is -1.95. The lowest BCUT2D eigenvalue weighted by Gasteiger charge is -2.11. The van der Waals surface area contributed by atoms with Gasteiger partial charge in [0.15, 0.2) is 0 Å². The number of nitrogens with zero attached hydrogens (tertiary/aromatic N) is 1. The Morgan fingerprint density at radius 2 is 2.23 bits per heavy atom. The molecule has 3 rings (SSSR count). The number of amides is 1. The van der Waals surface area contributed by atoms with Gasteiger partial charge in [-0.25, -0.2) is 10.9 Å². The van der Waals surface area contributed by atoms with Gasteiger partial charge in [0, 0.05) is 30.0 Å². The molecule has 0 spiro atoms. The zero-order valence-electron chi connectivity index (χ0n) is 11.9. The second-order valence-electron chi connectivity index (χ2n) is 5.26.